The lowest BCUT2D eigenvalue weighted by Crippen LogP contribution is -2.12. The summed E-state index contributed by atoms with van der Waals surface area (Å²) in [6.07, 6.45) is 0. The molecule has 5 heteroatoms. The molecule has 0 aliphatic heterocycles. The first-order valence-corrected chi connectivity index (χ1v) is 7.05. The van der Waals surface area contributed by atoms with Gasteiger partial charge in [-0.3, -0.25) is 4.79 Å². The van der Waals surface area contributed by atoms with Gasteiger partial charge >= 0.3 is 0 Å². The Bertz CT molecular complexity index is 643. The van der Waals surface area contributed by atoms with Crippen molar-refractivity contribution < 1.29 is 4.79 Å². The van der Waals surface area contributed by atoms with Crippen molar-refractivity contribution in [2.24, 2.45) is 0 Å². The average Bonchev–Trinajstić information content (AvgIpc) is 2.37. The van der Waals surface area contributed by atoms with Crippen molar-refractivity contribution >= 4 is 51.5 Å². The van der Waals surface area contributed by atoms with Gasteiger partial charge in [0.05, 0.1) is 10.7 Å². The molecule has 0 fully saturated rings. The average molecular weight is 387 g/mol. The molecule has 0 aliphatic rings. The second kappa shape index (κ2) is 5.79. The number of halogens is 2. The first-order chi connectivity index (χ1) is 8.97. The fourth-order valence-electron chi connectivity index (χ4n) is 1.54. The van der Waals surface area contributed by atoms with Gasteiger partial charge in [-0.25, -0.2) is 0 Å². The van der Waals surface area contributed by atoms with Gasteiger partial charge in [0.1, 0.15) is 0 Å². The molecule has 0 aromatic heterocycles. The molecule has 0 unspecified atom stereocenters. The van der Waals surface area contributed by atoms with Crippen molar-refractivity contribution in [2.75, 3.05) is 11.1 Å². The minimum absolute atomic E-state index is 0.207. The SMILES string of the molecule is Cc1ccc(NC(=O)c2ccc(N)c(Cl)c2)cc1I. The highest BCUT2D eigenvalue weighted by atomic mass is 127. The number of hydrogen-bond acceptors (Lipinski definition) is 2. The lowest BCUT2D eigenvalue weighted by Gasteiger charge is -2.08. The Morgan fingerprint density at radius 2 is 2.00 bits per heavy atom. The Balaban J connectivity index is 2.20. The van der Waals surface area contributed by atoms with Crippen LogP contribution in [0.1, 0.15) is 15.9 Å². The fourth-order valence-corrected chi connectivity index (χ4v) is 2.24. The topological polar surface area (TPSA) is 55.1 Å². The summed E-state index contributed by atoms with van der Waals surface area (Å²) in [6, 6.07) is 10.6. The molecule has 0 saturated carbocycles. The van der Waals surface area contributed by atoms with Gasteiger partial charge in [-0.1, -0.05) is 17.7 Å². The van der Waals surface area contributed by atoms with Crippen LogP contribution in [0.2, 0.25) is 5.02 Å². The van der Waals surface area contributed by atoms with E-state index in [4.69, 9.17) is 17.3 Å². The number of carbonyl (C=O) groups excluding carboxylic acids is 1. The molecule has 2 aromatic carbocycles. The van der Waals surface area contributed by atoms with Crippen LogP contribution < -0.4 is 11.1 Å². The van der Waals surface area contributed by atoms with Gasteiger partial charge in [0.25, 0.3) is 5.91 Å². The summed E-state index contributed by atoms with van der Waals surface area (Å²) in [6.45, 7) is 2.02. The van der Waals surface area contributed by atoms with Crippen molar-refractivity contribution in [1.29, 1.82) is 0 Å². The van der Waals surface area contributed by atoms with Crippen LogP contribution >= 0.6 is 34.2 Å². The van der Waals surface area contributed by atoms with E-state index < -0.39 is 0 Å². The predicted molar refractivity (Wildman–Crippen MR) is 87.7 cm³/mol. The van der Waals surface area contributed by atoms with Crippen molar-refractivity contribution in [2.45, 2.75) is 6.92 Å². The van der Waals surface area contributed by atoms with Gasteiger partial charge in [0.2, 0.25) is 0 Å². The number of nitrogens with two attached hydrogens (primary N) is 1. The number of nitrogens with one attached hydrogen (secondary N) is 1. The first-order valence-electron chi connectivity index (χ1n) is 5.60. The van der Waals surface area contributed by atoms with E-state index in [1.54, 1.807) is 18.2 Å². The number of carbonyl (C=O) groups is 1. The molecule has 0 spiro atoms. The Labute approximate surface area is 130 Å². The van der Waals surface area contributed by atoms with Gasteiger partial charge in [-0.15, -0.1) is 0 Å². The molecular formula is C14H12ClIN2O. The zero-order chi connectivity index (χ0) is 14.0. The Morgan fingerprint density at radius 1 is 1.26 bits per heavy atom. The second-order valence-corrected chi connectivity index (χ2v) is 5.72. The normalized spacial score (nSPS) is 10.3. The molecule has 3 N–H and O–H groups in total. The molecule has 0 radical (unpaired) electrons. The number of aryl methyl sites for hydroxylation is 1. The summed E-state index contributed by atoms with van der Waals surface area (Å²) in [7, 11) is 0. The van der Waals surface area contributed by atoms with Gasteiger partial charge in [0, 0.05) is 14.8 Å². The number of amides is 1. The van der Waals surface area contributed by atoms with Gasteiger partial charge in [-0.2, -0.15) is 0 Å². The predicted octanol–water partition coefficient (Wildman–Crippen LogP) is 4.09. The zero-order valence-corrected chi connectivity index (χ0v) is 13.1. The van der Waals surface area contributed by atoms with E-state index in [9.17, 15) is 4.79 Å². The van der Waals surface area contributed by atoms with Crippen LogP contribution in [0.5, 0.6) is 0 Å². The molecule has 0 aliphatic carbocycles. The van der Waals surface area contributed by atoms with Crippen LogP contribution in [0.4, 0.5) is 11.4 Å². The molecule has 0 bridgehead atoms. The molecule has 19 heavy (non-hydrogen) atoms. The number of rotatable bonds is 2. The van der Waals surface area contributed by atoms with Crippen molar-refractivity contribution in [3.63, 3.8) is 0 Å². The molecule has 2 rings (SSSR count). The van der Waals surface area contributed by atoms with Crippen LogP contribution in [-0.2, 0) is 0 Å². The summed E-state index contributed by atoms with van der Waals surface area (Å²) in [4.78, 5) is 12.1. The van der Waals surface area contributed by atoms with E-state index in [1.165, 1.54) is 5.56 Å². The lowest BCUT2D eigenvalue weighted by molar-refractivity contribution is 0.102. The number of nitrogen functional groups attached to an aromatic ring is 1. The van der Waals surface area contributed by atoms with Crippen LogP contribution in [0, 0.1) is 10.5 Å². The van der Waals surface area contributed by atoms with E-state index in [0.717, 1.165) is 9.26 Å². The van der Waals surface area contributed by atoms with Gasteiger partial charge < -0.3 is 11.1 Å². The van der Waals surface area contributed by atoms with E-state index in [0.29, 0.717) is 16.3 Å². The Kier molecular flexibility index (Phi) is 4.31. The van der Waals surface area contributed by atoms with E-state index in [1.807, 2.05) is 25.1 Å². The highest BCUT2D eigenvalue weighted by Gasteiger charge is 2.08. The van der Waals surface area contributed by atoms with Crippen molar-refractivity contribution in [3.05, 3.63) is 56.1 Å². The highest BCUT2D eigenvalue weighted by Crippen LogP contribution is 2.21. The monoisotopic (exact) mass is 386 g/mol. The van der Waals surface area contributed by atoms with Crippen molar-refractivity contribution in [1.82, 2.24) is 0 Å². The fraction of sp³-hybridized carbons (Fsp3) is 0.0714. The van der Waals surface area contributed by atoms with E-state index in [2.05, 4.69) is 27.9 Å². The van der Waals surface area contributed by atoms with E-state index in [-0.39, 0.29) is 5.91 Å². The number of hydrogen-bond donors (Lipinski definition) is 2. The molecule has 2 aromatic rings. The largest absolute Gasteiger partial charge is 0.398 e. The summed E-state index contributed by atoms with van der Waals surface area (Å²) in [5.41, 5.74) is 8.49. The maximum atomic E-state index is 12.1. The van der Waals surface area contributed by atoms with E-state index >= 15 is 0 Å². The minimum Gasteiger partial charge on any atom is -0.398 e. The summed E-state index contributed by atoms with van der Waals surface area (Å²) in [5, 5.41) is 3.21. The third kappa shape index (κ3) is 3.39. The van der Waals surface area contributed by atoms with Crippen LogP contribution in [-0.4, -0.2) is 5.91 Å². The maximum absolute atomic E-state index is 12.1. The molecule has 3 nitrogen and oxygen atoms in total. The molecule has 0 saturated heterocycles. The summed E-state index contributed by atoms with van der Waals surface area (Å²) >= 11 is 8.13. The number of anilines is 2. The number of benzene rings is 2. The molecule has 0 heterocycles. The maximum Gasteiger partial charge on any atom is 0.255 e. The summed E-state index contributed by atoms with van der Waals surface area (Å²) < 4.78 is 1.10. The molecular weight excluding hydrogens is 375 g/mol. The second-order valence-electron chi connectivity index (χ2n) is 4.15. The molecule has 0 atom stereocenters. The third-order valence-corrected chi connectivity index (χ3v) is 4.18. The van der Waals surface area contributed by atoms with Gasteiger partial charge in [-0.05, 0) is 65.4 Å². The zero-order valence-electron chi connectivity index (χ0n) is 10.2. The summed E-state index contributed by atoms with van der Waals surface area (Å²) in [5.74, 6) is -0.207. The lowest BCUT2D eigenvalue weighted by atomic mass is 10.2. The van der Waals surface area contributed by atoms with Crippen LogP contribution in [0.15, 0.2) is 36.4 Å². The minimum atomic E-state index is -0.207. The molecule has 98 valence electrons. The van der Waals surface area contributed by atoms with Crippen LogP contribution in [0.3, 0.4) is 0 Å². The van der Waals surface area contributed by atoms with Crippen LogP contribution in [0.25, 0.3) is 0 Å². The van der Waals surface area contributed by atoms with Crippen molar-refractivity contribution in [3.8, 4) is 0 Å². The quantitative estimate of drug-likeness (QED) is 0.603. The third-order valence-electron chi connectivity index (χ3n) is 2.69. The van der Waals surface area contributed by atoms with Gasteiger partial charge in [0.15, 0.2) is 0 Å². The first kappa shape index (κ1) is 14.1. The standard InChI is InChI=1S/C14H12ClIN2O/c1-8-2-4-10(7-12(8)16)18-14(19)9-3-5-13(17)11(15)6-9/h2-7H,17H2,1H3,(H,18,19). The molecule has 1 amide bonds. The Hall–Kier alpha value is -1.27. The Morgan fingerprint density at radius 3 is 2.63 bits per heavy atom. The smallest absolute Gasteiger partial charge is 0.255 e. The highest BCUT2D eigenvalue weighted by molar-refractivity contribution is 14.1.